The highest BCUT2D eigenvalue weighted by atomic mass is 16.5. The molecule has 0 bridgehead atoms. The van der Waals surface area contributed by atoms with Crippen LogP contribution in [-0.2, 0) is 4.74 Å². The second-order valence-electron chi connectivity index (χ2n) is 6.18. The molecule has 0 aliphatic rings. The van der Waals surface area contributed by atoms with E-state index in [0.29, 0.717) is 11.1 Å². The molecule has 0 saturated carbocycles. The lowest BCUT2D eigenvalue weighted by Crippen LogP contribution is -2.16. The van der Waals surface area contributed by atoms with Gasteiger partial charge in [-0.15, -0.1) is 15.0 Å². The summed E-state index contributed by atoms with van der Waals surface area (Å²) >= 11 is 0. The zero-order valence-corrected chi connectivity index (χ0v) is 15.2. The first-order valence-corrected chi connectivity index (χ1v) is 8.28. The Labute approximate surface area is 152 Å². The second kappa shape index (κ2) is 7.31. The highest BCUT2D eigenvalue weighted by Gasteiger charge is 2.16. The third-order valence-electron chi connectivity index (χ3n) is 4.00. The van der Waals surface area contributed by atoms with Crippen LogP contribution in [0.25, 0.3) is 0 Å². The van der Waals surface area contributed by atoms with Gasteiger partial charge in [-0.2, -0.15) is 0 Å². The average molecular weight is 348 g/mol. The van der Waals surface area contributed by atoms with Crippen molar-refractivity contribution in [2.75, 3.05) is 0 Å². The summed E-state index contributed by atoms with van der Waals surface area (Å²) in [5.74, 6) is -0.295. The molecule has 1 heterocycles. The minimum atomic E-state index is -0.469. The summed E-state index contributed by atoms with van der Waals surface area (Å²) in [6.45, 7) is 7.59. The molecule has 0 aliphatic heterocycles. The maximum atomic E-state index is 12.6. The number of ether oxygens (including phenoxy) is 1. The van der Waals surface area contributed by atoms with E-state index in [9.17, 15) is 4.79 Å². The third kappa shape index (κ3) is 3.85. The molecule has 132 valence electrons. The van der Waals surface area contributed by atoms with Gasteiger partial charge in [0, 0.05) is 5.56 Å². The number of carbonyl (C=O) groups is 1. The zero-order chi connectivity index (χ0) is 18.7. The minimum absolute atomic E-state index is 0.174. The summed E-state index contributed by atoms with van der Waals surface area (Å²) in [5.41, 5.74) is 4.73. The SMILES string of the molecule is Cc1cccc(C(=O)OC(=Nn2nnc(C)c2C)c2cccc(C)c2)c1. The van der Waals surface area contributed by atoms with Crippen LogP contribution >= 0.6 is 0 Å². The van der Waals surface area contributed by atoms with Gasteiger partial charge in [0.05, 0.1) is 17.0 Å². The Morgan fingerprint density at radius 2 is 1.58 bits per heavy atom. The van der Waals surface area contributed by atoms with Crippen LogP contribution in [0.1, 0.15) is 38.4 Å². The number of esters is 1. The number of nitrogens with zero attached hydrogens (tertiary/aromatic N) is 4. The molecule has 0 aliphatic carbocycles. The monoisotopic (exact) mass is 348 g/mol. The Morgan fingerprint density at radius 1 is 0.962 bits per heavy atom. The van der Waals surface area contributed by atoms with Crippen molar-refractivity contribution in [2.45, 2.75) is 27.7 Å². The first-order chi connectivity index (χ1) is 12.4. The highest BCUT2D eigenvalue weighted by molar-refractivity contribution is 6.05. The molecule has 6 nitrogen and oxygen atoms in total. The summed E-state index contributed by atoms with van der Waals surface area (Å²) in [6.07, 6.45) is 0. The summed E-state index contributed by atoms with van der Waals surface area (Å²) in [5, 5.41) is 12.4. The molecular weight excluding hydrogens is 328 g/mol. The van der Waals surface area contributed by atoms with Gasteiger partial charge < -0.3 is 4.74 Å². The maximum absolute atomic E-state index is 12.6. The Balaban J connectivity index is 2.00. The molecule has 0 atom stereocenters. The van der Waals surface area contributed by atoms with E-state index in [1.807, 2.05) is 64.1 Å². The third-order valence-corrected chi connectivity index (χ3v) is 4.00. The lowest BCUT2D eigenvalue weighted by Gasteiger charge is -2.09. The van der Waals surface area contributed by atoms with Crippen molar-refractivity contribution in [3.05, 3.63) is 82.2 Å². The number of aromatic nitrogens is 3. The van der Waals surface area contributed by atoms with E-state index in [1.54, 1.807) is 12.1 Å². The zero-order valence-electron chi connectivity index (χ0n) is 15.2. The molecule has 0 spiro atoms. The molecule has 26 heavy (non-hydrogen) atoms. The molecule has 0 saturated heterocycles. The van der Waals surface area contributed by atoms with Gasteiger partial charge in [-0.25, -0.2) is 4.79 Å². The molecule has 0 amide bonds. The fraction of sp³-hybridized carbons (Fsp3) is 0.200. The smallest absolute Gasteiger partial charge is 0.344 e. The van der Waals surface area contributed by atoms with Crippen molar-refractivity contribution >= 4 is 11.9 Å². The van der Waals surface area contributed by atoms with Crippen LogP contribution in [0, 0.1) is 27.7 Å². The Hall–Kier alpha value is -3.28. The Morgan fingerprint density at radius 3 is 2.15 bits per heavy atom. The lowest BCUT2D eigenvalue weighted by molar-refractivity contribution is 0.0716. The predicted octanol–water partition coefficient (Wildman–Crippen LogP) is 3.58. The van der Waals surface area contributed by atoms with Crippen LogP contribution in [0.15, 0.2) is 53.6 Å². The number of hydrogen-bond donors (Lipinski definition) is 0. The van der Waals surface area contributed by atoms with Gasteiger partial charge in [0.2, 0.25) is 5.90 Å². The van der Waals surface area contributed by atoms with Crippen molar-refractivity contribution < 1.29 is 9.53 Å². The van der Waals surface area contributed by atoms with Gasteiger partial charge >= 0.3 is 5.97 Å². The van der Waals surface area contributed by atoms with Crippen molar-refractivity contribution in [2.24, 2.45) is 5.10 Å². The normalized spacial score (nSPS) is 11.5. The van der Waals surface area contributed by atoms with Crippen molar-refractivity contribution in [1.29, 1.82) is 0 Å². The van der Waals surface area contributed by atoms with Gasteiger partial charge in [-0.3, -0.25) is 0 Å². The molecule has 6 heteroatoms. The predicted molar refractivity (Wildman–Crippen MR) is 99.2 cm³/mol. The van der Waals surface area contributed by atoms with Crippen molar-refractivity contribution in [3.8, 4) is 0 Å². The van der Waals surface area contributed by atoms with Crippen molar-refractivity contribution in [3.63, 3.8) is 0 Å². The van der Waals surface area contributed by atoms with Crippen LogP contribution in [0.2, 0.25) is 0 Å². The van der Waals surface area contributed by atoms with Gasteiger partial charge in [-0.05, 0) is 57.2 Å². The molecule has 2 aromatic carbocycles. The van der Waals surface area contributed by atoms with Gasteiger partial charge in [0.15, 0.2) is 0 Å². The molecule has 0 fully saturated rings. The summed E-state index contributed by atoms with van der Waals surface area (Å²) in [6, 6.07) is 14.8. The topological polar surface area (TPSA) is 69.4 Å². The van der Waals surface area contributed by atoms with E-state index in [0.717, 1.165) is 22.5 Å². The molecule has 1 aromatic heterocycles. The van der Waals surface area contributed by atoms with Crippen LogP contribution in [-0.4, -0.2) is 27.0 Å². The first kappa shape index (κ1) is 17.5. The second-order valence-corrected chi connectivity index (χ2v) is 6.18. The number of carbonyl (C=O) groups excluding carboxylic acids is 1. The van der Waals surface area contributed by atoms with Crippen LogP contribution in [0.5, 0.6) is 0 Å². The maximum Gasteiger partial charge on any atom is 0.344 e. The minimum Gasteiger partial charge on any atom is -0.402 e. The molecule has 3 rings (SSSR count). The molecule has 0 radical (unpaired) electrons. The van der Waals surface area contributed by atoms with E-state index in [4.69, 9.17) is 4.74 Å². The molecule has 0 unspecified atom stereocenters. The van der Waals surface area contributed by atoms with E-state index < -0.39 is 5.97 Å². The van der Waals surface area contributed by atoms with Crippen LogP contribution in [0.4, 0.5) is 0 Å². The van der Waals surface area contributed by atoms with E-state index in [-0.39, 0.29) is 5.90 Å². The number of aryl methyl sites for hydroxylation is 3. The summed E-state index contributed by atoms with van der Waals surface area (Å²) in [4.78, 5) is 14.0. The molecule has 0 N–H and O–H groups in total. The van der Waals surface area contributed by atoms with E-state index >= 15 is 0 Å². The standard InChI is InChI=1S/C20H20N4O2/c1-13-7-5-9-17(11-13)19(22-24-16(4)15(3)21-23-24)26-20(25)18-10-6-8-14(2)12-18/h5-12H,1-4H3. The van der Waals surface area contributed by atoms with E-state index in [1.165, 1.54) is 4.79 Å². The fourth-order valence-corrected chi connectivity index (χ4v) is 2.41. The van der Waals surface area contributed by atoms with Gasteiger partial charge in [0.25, 0.3) is 0 Å². The quantitative estimate of drug-likeness (QED) is 0.412. The highest BCUT2D eigenvalue weighted by Crippen LogP contribution is 2.12. The molecule has 3 aromatic rings. The lowest BCUT2D eigenvalue weighted by atomic mass is 10.1. The largest absolute Gasteiger partial charge is 0.402 e. The van der Waals surface area contributed by atoms with Crippen LogP contribution < -0.4 is 0 Å². The van der Waals surface area contributed by atoms with Crippen molar-refractivity contribution in [1.82, 2.24) is 15.1 Å². The Bertz CT molecular complexity index is 989. The number of hydrogen-bond acceptors (Lipinski definition) is 5. The fourth-order valence-electron chi connectivity index (χ4n) is 2.41. The van der Waals surface area contributed by atoms with Crippen LogP contribution in [0.3, 0.4) is 0 Å². The van der Waals surface area contributed by atoms with Gasteiger partial charge in [-0.1, -0.05) is 35.4 Å². The summed E-state index contributed by atoms with van der Waals surface area (Å²) in [7, 11) is 0. The van der Waals surface area contributed by atoms with Gasteiger partial charge in [0.1, 0.15) is 0 Å². The summed E-state index contributed by atoms with van der Waals surface area (Å²) < 4.78 is 5.62. The first-order valence-electron chi connectivity index (χ1n) is 8.28. The average Bonchev–Trinajstić information content (AvgIpc) is 2.93. The molecular formula is C20H20N4O2. The number of benzene rings is 2. The number of rotatable bonds is 3. The van der Waals surface area contributed by atoms with E-state index in [2.05, 4.69) is 15.4 Å². The Kier molecular flexibility index (Phi) is 4.93.